The van der Waals surface area contributed by atoms with Crippen LogP contribution in [-0.4, -0.2) is 25.8 Å². The van der Waals surface area contributed by atoms with Crippen molar-refractivity contribution < 1.29 is 18.1 Å². The molecule has 0 heterocycles. The van der Waals surface area contributed by atoms with Gasteiger partial charge in [0.25, 0.3) is 21.6 Å². The summed E-state index contributed by atoms with van der Waals surface area (Å²) in [5, 5.41) is 13.6. The summed E-state index contributed by atoms with van der Waals surface area (Å²) < 4.78 is 27.1. The second-order valence-corrected chi connectivity index (χ2v) is 8.60. The highest BCUT2D eigenvalue weighted by atomic mass is 32.2. The van der Waals surface area contributed by atoms with E-state index >= 15 is 0 Å². The summed E-state index contributed by atoms with van der Waals surface area (Å²) in [7, 11) is -3.74. The Kier molecular flexibility index (Phi) is 6.36. The second kappa shape index (κ2) is 8.97. The molecule has 3 aromatic carbocycles. The number of non-ortho nitro benzene ring substituents is 1. The maximum Gasteiger partial charge on any atom is 0.271 e. The Hall–Kier alpha value is -3.72. The number of hydrogen-bond acceptors (Lipinski definition) is 5. The van der Waals surface area contributed by atoms with Gasteiger partial charge in [-0.15, -0.1) is 0 Å². The highest BCUT2D eigenvalue weighted by Crippen LogP contribution is 2.25. The molecule has 0 fully saturated rings. The smallest absolute Gasteiger partial charge is 0.271 e. The van der Waals surface area contributed by atoms with Crippen molar-refractivity contribution in [1.82, 2.24) is 0 Å². The van der Waals surface area contributed by atoms with Crippen LogP contribution in [0.25, 0.3) is 0 Å². The molecule has 31 heavy (non-hydrogen) atoms. The Morgan fingerprint density at radius 2 is 1.68 bits per heavy atom. The van der Waals surface area contributed by atoms with Gasteiger partial charge in [0.05, 0.1) is 21.2 Å². The van der Waals surface area contributed by atoms with E-state index in [0.717, 1.165) is 0 Å². The van der Waals surface area contributed by atoms with Crippen LogP contribution in [0.2, 0.25) is 0 Å². The zero-order valence-corrected chi connectivity index (χ0v) is 17.8. The first-order chi connectivity index (χ1) is 14.7. The lowest BCUT2D eigenvalue weighted by atomic mass is 10.1. The normalized spacial score (nSPS) is 11.0. The number of sulfonamides is 1. The zero-order chi connectivity index (χ0) is 22.6. The highest BCUT2D eigenvalue weighted by molar-refractivity contribution is 7.92. The molecule has 0 radical (unpaired) electrons. The molecule has 3 aromatic rings. The molecular weight excluding hydrogens is 418 g/mol. The van der Waals surface area contributed by atoms with Crippen LogP contribution in [-0.2, 0) is 10.0 Å². The molecule has 0 atom stereocenters. The standard InChI is InChI=1S/C22H21N3O5S/c1-3-24(31(29,30)20-7-5-4-6-8-20)18-13-10-17(11-14-18)22(26)23-21-15-19(25(27)28)12-9-16(21)2/h4-15H,3H2,1-2H3,(H,23,26). The van der Waals surface area contributed by atoms with E-state index in [1.54, 1.807) is 50.2 Å². The summed E-state index contributed by atoms with van der Waals surface area (Å²) in [6.07, 6.45) is 0. The van der Waals surface area contributed by atoms with Crippen LogP contribution < -0.4 is 9.62 Å². The van der Waals surface area contributed by atoms with Crippen LogP contribution in [0.1, 0.15) is 22.8 Å². The first-order valence-electron chi connectivity index (χ1n) is 9.48. The average Bonchev–Trinajstić information content (AvgIpc) is 2.76. The van der Waals surface area contributed by atoms with Gasteiger partial charge in [0.15, 0.2) is 0 Å². The van der Waals surface area contributed by atoms with Gasteiger partial charge in [-0.1, -0.05) is 24.3 Å². The summed E-state index contributed by atoms with van der Waals surface area (Å²) in [4.78, 5) is 23.2. The van der Waals surface area contributed by atoms with Gasteiger partial charge in [-0.25, -0.2) is 8.42 Å². The van der Waals surface area contributed by atoms with Gasteiger partial charge in [0.2, 0.25) is 0 Å². The number of nitro benzene ring substituents is 1. The molecule has 0 aliphatic carbocycles. The molecule has 0 aromatic heterocycles. The van der Waals surface area contributed by atoms with E-state index in [1.807, 2.05) is 0 Å². The maximum atomic E-state index is 12.9. The molecule has 0 spiro atoms. The summed E-state index contributed by atoms with van der Waals surface area (Å²) >= 11 is 0. The predicted octanol–water partition coefficient (Wildman–Crippen LogP) is 4.37. The number of anilines is 2. The monoisotopic (exact) mass is 439 g/mol. The first kappa shape index (κ1) is 22.0. The number of carbonyl (C=O) groups excluding carboxylic acids is 1. The lowest BCUT2D eigenvalue weighted by Crippen LogP contribution is -2.30. The predicted molar refractivity (Wildman–Crippen MR) is 119 cm³/mol. The lowest BCUT2D eigenvalue weighted by Gasteiger charge is -2.23. The highest BCUT2D eigenvalue weighted by Gasteiger charge is 2.23. The number of nitrogens with zero attached hydrogens (tertiary/aromatic N) is 2. The molecule has 0 bridgehead atoms. The van der Waals surface area contributed by atoms with E-state index in [4.69, 9.17) is 0 Å². The molecule has 3 rings (SSSR count). The van der Waals surface area contributed by atoms with Crippen LogP contribution in [0.4, 0.5) is 17.1 Å². The van der Waals surface area contributed by atoms with Crippen molar-refractivity contribution in [3.63, 3.8) is 0 Å². The summed E-state index contributed by atoms with van der Waals surface area (Å²) in [6, 6.07) is 18.5. The quantitative estimate of drug-likeness (QED) is 0.434. The third-order valence-corrected chi connectivity index (χ3v) is 6.63. The van der Waals surface area contributed by atoms with Gasteiger partial charge in [-0.3, -0.25) is 19.2 Å². The number of carbonyl (C=O) groups is 1. The number of nitro groups is 1. The van der Waals surface area contributed by atoms with Gasteiger partial charge >= 0.3 is 0 Å². The molecule has 0 aliphatic rings. The molecule has 9 heteroatoms. The summed E-state index contributed by atoms with van der Waals surface area (Å²) in [6.45, 7) is 3.68. The molecule has 0 saturated heterocycles. The number of rotatable bonds is 7. The van der Waals surface area contributed by atoms with Crippen molar-refractivity contribution in [3.8, 4) is 0 Å². The fourth-order valence-electron chi connectivity index (χ4n) is 3.04. The first-order valence-corrected chi connectivity index (χ1v) is 10.9. The fraction of sp³-hybridized carbons (Fsp3) is 0.136. The fourth-order valence-corrected chi connectivity index (χ4v) is 4.54. The average molecular weight is 439 g/mol. The van der Waals surface area contributed by atoms with Crippen molar-refractivity contribution >= 4 is 33.0 Å². The van der Waals surface area contributed by atoms with Crippen molar-refractivity contribution in [2.45, 2.75) is 18.7 Å². The number of aryl methyl sites for hydroxylation is 1. The van der Waals surface area contributed by atoms with Crippen LogP contribution in [0.3, 0.4) is 0 Å². The van der Waals surface area contributed by atoms with Gasteiger partial charge < -0.3 is 5.32 Å². The van der Waals surface area contributed by atoms with Crippen LogP contribution in [0.15, 0.2) is 77.7 Å². The van der Waals surface area contributed by atoms with E-state index in [1.165, 1.54) is 40.7 Å². The Bertz CT molecular complexity index is 1210. The summed E-state index contributed by atoms with van der Waals surface area (Å²) in [5.74, 6) is -0.455. The Labute approximate surface area is 180 Å². The zero-order valence-electron chi connectivity index (χ0n) is 17.0. The van der Waals surface area contributed by atoms with Crippen molar-refractivity contribution in [2.75, 3.05) is 16.2 Å². The number of hydrogen-bond donors (Lipinski definition) is 1. The number of nitrogens with one attached hydrogen (secondary N) is 1. The van der Waals surface area contributed by atoms with E-state index < -0.39 is 20.9 Å². The van der Waals surface area contributed by atoms with Gasteiger partial charge in [-0.2, -0.15) is 0 Å². The maximum absolute atomic E-state index is 12.9. The van der Waals surface area contributed by atoms with E-state index in [2.05, 4.69) is 5.32 Å². The van der Waals surface area contributed by atoms with Gasteiger partial charge in [0.1, 0.15) is 0 Å². The Balaban J connectivity index is 1.83. The largest absolute Gasteiger partial charge is 0.321 e. The Morgan fingerprint density at radius 3 is 2.26 bits per heavy atom. The van der Waals surface area contributed by atoms with Gasteiger partial charge in [0, 0.05) is 24.2 Å². The molecule has 1 N–H and O–H groups in total. The SMILES string of the molecule is CCN(c1ccc(C(=O)Nc2cc([N+](=O)[O-])ccc2C)cc1)S(=O)(=O)c1ccccc1. The number of benzene rings is 3. The van der Waals surface area contributed by atoms with E-state index in [0.29, 0.717) is 22.5 Å². The molecule has 160 valence electrons. The van der Waals surface area contributed by atoms with Gasteiger partial charge in [-0.05, 0) is 55.8 Å². The second-order valence-electron chi connectivity index (χ2n) is 6.74. The Morgan fingerprint density at radius 1 is 1.03 bits per heavy atom. The third-order valence-electron chi connectivity index (χ3n) is 4.72. The van der Waals surface area contributed by atoms with Crippen LogP contribution in [0.5, 0.6) is 0 Å². The lowest BCUT2D eigenvalue weighted by molar-refractivity contribution is -0.384. The molecule has 0 aliphatic heterocycles. The van der Waals surface area contributed by atoms with Crippen molar-refractivity contribution in [3.05, 3.63) is 94.0 Å². The number of amides is 1. The minimum atomic E-state index is -3.74. The summed E-state index contributed by atoms with van der Waals surface area (Å²) in [5.41, 5.74) is 1.62. The topological polar surface area (TPSA) is 110 Å². The minimum Gasteiger partial charge on any atom is -0.321 e. The van der Waals surface area contributed by atoms with E-state index in [9.17, 15) is 23.3 Å². The molecular formula is C22H21N3O5S. The molecule has 0 unspecified atom stereocenters. The van der Waals surface area contributed by atoms with Crippen molar-refractivity contribution in [2.24, 2.45) is 0 Å². The minimum absolute atomic E-state index is 0.124. The molecule has 1 amide bonds. The van der Waals surface area contributed by atoms with Crippen molar-refractivity contribution in [1.29, 1.82) is 0 Å². The molecule has 8 nitrogen and oxygen atoms in total. The van der Waals surface area contributed by atoms with E-state index in [-0.39, 0.29) is 17.1 Å². The third kappa shape index (κ3) is 4.72. The van der Waals surface area contributed by atoms with Crippen LogP contribution in [0, 0.1) is 17.0 Å². The van der Waals surface area contributed by atoms with Crippen LogP contribution >= 0.6 is 0 Å². The molecule has 0 saturated carbocycles.